The van der Waals surface area contributed by atoms with Crippen molar-refractivity contribution in [3.8, 4) is 5.75 Å². The van der Waals surface area contributed by atoms with Crippen LogP contribution in [0.2, 0.25) is 0 Å². The molecule has 0 aromatic heterocycles. The summed E-state index contributed by atoms with van der Waals surface area (Å²) in [6, 6.07) is 6.99. The summed E-state index contributed by atoms with van der Waals surface area (Å²) in [7, 11) is -4.46. The first-order chi connectivity index (χ1) is 13.0. The lowest BCUT2D eigenvalue weighted by Crippen LogP contribution is -2.08. The van der Waals surface area contributed by atoms with Crippen LogP contribution >= 0.6 is 0 Å². The highest BCUT2D eigenvalue weighted by molar-refractivity contribution is 7.81. The molecule has 0 aliphatic rings. The smallest absolute Gasteiger partial charge is 0.362 e. The number of rotatable bonds is 17. The van der Waals surface area contributed by atoms with E-state index in [1.807, 2.05) is 12.1 Å². The van der Waals surface area contributed by atoms with Crippen molar-refractivity contribution in [3.63, 3.8) is 0 Å². The fraction of sp³-hybridized carbons (Fsp3) is 0.727. The number of aryl methyl sites for hydroxylation is 1. The van der Waals surface area contributed by atoms with Gasteiger partial charge in [0.2, 0.25) is 0 Å². The van der Waals surface area contributed by atoms with Gasteiger partial charge < -0.3 is 4.18 Å². The van der Waals surface area contributed by atoms with E-state index in [1.54, 1.807) is 12.1 Å². The summed E-state index contributed by atoms with van der Waals surface area (Å²) in [6.07, 6.45) is 19.2. The van der Waals surface area contributed by atoms with E-state index >= 15 is 0 Å². The molecule has 0 unspecified atom stereocenters. The van der Waals surface area contributed by atoms with E-state index in [-0.39, 0.29) is 5.75 Å². The molecule has 4 nitrogen and oxygen atoms in total. The molecule has 0 fully saturated rings. The molecule has 0 atom stereocenters. The number of hydrogen-bond acceptors (Lipinski definition) is 3. The second-order valence-electron chi connectivity index (χ2n) is 7.46. The van der Waals surface area contributed by atoms with E-state index in [0.29, 0.717) is 0 Å². The topological polar surface area (TPSA) is 63.6 Å². The molecular weight excluding hydrogens is 360 g/mol. The van der Waals surface area contributed by atoms with Crippen LogP contribution in [0.4, 0.5) is 0 Å². The van der Waals surface area contributed by atoms with Gasteiger partial charge in [-0.3, -0.25) is 4.55 Å². The normalized spacial score (nSPS) is 11.6. The molecule has 1 aromatic rings. The molecule has 0 aliphatic carbocycles. The Morgan fingerprint density at radius 1 is 0.741 bits per heavy atom. The lowest BCUT2D eigenvalue weighted by molar-refractivity contribution is 0.385. The maximum atomic E-state index is 10.9. The largest absolute Gasteiger partial charge is 0.446 e. The van der Waals surface area contributed by atoms with E-state index in [9.17, 15) is 8.42 Å². The van der Waals surface area contributed by atoms with Crippen LogP contribution in [0.25, 0.3) is 0 Å². The second-order valence-corrected chi connectivity index (χ2v) is 8.49. The third-order valence-corrected chi connectivity index (χ3v) is 5.36. The van der Waals surface area contributed by atoms with Crippen molar-refractivity contribution in [1.82, 2.24) is 0 Å². The molecule has 0 radical (unpaired) electrons. The van der Waals surface area contributed by atoms with Crippen molar-refractivity contribution >= 4 is 10.4 Å². The van der Waals surface area contributed by atoms with Gasteiger partial charge in [-0.1, -0.05) is 109 Å². The summed E-state index contributed by atoms with van der Waals surface area (Å²) < 4.78 is 35.2. The van der Waals surface area contributed by atoms with Crippen LogP contribution in [-0.4, -0.2) is 13.0 Å². The van der Waals surface area contributed by atoms with Crippen molar-refractivity contribution in [2.75, 3.05) is 0 Å². The molecule has 0 spiro atoms. The quantitative estimate of drug-likeness (QED) is 0.229. The van der Waals surface area contributed by atoms with Crippen LogP contribution in [0, 0.1) is 0 Å². The maximum Gasteiger partial charge on any atom is 0.446 e. The first-order valence-corrected chi connectivity index (χ1v) is 12.1. The highest BCUT2D eigenvalue weighted by Gasteiger charge is 2.10. The van der Waals surface area contributed by atoms with E-state index in [2.05, 4.69) is 11.1 Å². The number of benzene rings is 1. The van der Waals surface area contributed by atoms with Gasteiger partial charge in [0, 0.05) is 0 Å². The molecule has 1 N–H and O–H groups in total. The summed E-state index contributed by atoms with van der Waals surface area (Å²) in [5.74, 6) is 0.231. The zero-order valence-corrected chi connectivity index (χ0v) is 17.8. The van der Waals surface area contributed by atoms with Gasteiger partial charge >= 0.3 is 10.4 Å². The van der Waals surface area contributed by atoms with Crippen molar-refractivity contribution < 1.29 is 17.2 Å². The Balaban J connectivity index is 1.99. The average Bonchev–Trinajstić information content (AvgIpc) is 2.62. The van der Waals surface area contributed by atoms with Crippen LogP contribution < -0.4 is 4.18 Å². The Morgan fingerprint density at radius 2 is 1.19 bits per heavy atom. The molecule has 1 rings (SSSR count). The summed E-state index contributed by atoms with van der Waals surface area (Å²) in [5.41, 5.74) is 0.828. The summed E-state index contributed by atoms with van der Waals surface area (Å²) in [6.45, 7) is 2.26. The minimum atomic E-state index is -4.46. The Morgan fingerprint density at radius 3 is 1.67 bits per heavy atom. The van der Waals surface area contributed by atoms with Gasteiger partial charge in [0.05, 0.1) is 0 Å². The Labute approximate surface area is 166 Å². The summed E-state index contributed by atoms with van der Waals surface area (Å²) >= 11 is 0. The van der Waals surface area contributed by atoms with Crippen LogP contribution in [0.1, 0.15) is 102 Å². The van der Waals surface area contributed by atoms with Crippen molar-refractivity contribution in [3.05, 3.63) is 29.8 Å². The zero-order valence-electron chi connectivity index (χ0n) is 17.0. The highest BCUT2D eigenvalue weighted by Crippen LogP contribution is 2.22. The van der Waals surface area contributed by atoms with Gasteiger partial charge in [-0.25, -0.2) is 0 Å². The number of hydrogen-bond donors (Lipinski definition) is 1. The van der Waals surface area contributed by atoms with Gasteiger partial charge in [0.1, 0.15) is 5.75 Å². The number of unbranched alkanes of at least 4 members (excludes halogenated alkanes) is 13. The van der Waals surface area contributed by atoms with Gasteiger partial charge in [-0.15, -0.1) is 0 Å². The van der Waals surface area contributed by atoms with Gasteiger partial charge in [-0.05, 0) is 24.5 Å². The van der Waals surface area contributed by atoms with Gasteiger partial charge in [0.15, 0.2) is 0 Å². The molecule has 0 heterocycles. The molecule has 156 valence electrons. The average molecular weight is 399 g/mol. The fourth-order valence-electron chi connectivity index (χ4n) is 3.42. The molecule has 5 heteroatoms. The minimum absolute atomic E-state index is 0.231. The maximum absolute atomic E-state index is 10.9. The molecule has 0 saturated carbocycles. The fourth-order valence-corrected chi connectivity index (χ4v) is 3.80. The zero-order chi connectivity index (χ0) is 19.8. The first-order valence-electron chi connectivity index (χ1n) is 10.8. The van der Waals surface area contributed by atoms with Crippen LogP contribution in [0.15, 0.2) is 24.3 Å². The molecule has 1 aromatic carbocycles. The monoisotopic (exact) mass is 398 g/mol. The molecular formula is C22H38O4S. The van der Waals surface area contributed by atoms with Gasteiger partial charge in [-0.2, -0.15) is 8.42 Å². The predicted molar refractivity (Wildman–Crippen MR) is 113 cm³/mol. The highest BCUT2D eigenvalue weighted by atomic mass is 32.3. The lowest BCUT2D eigenvalue weighted by atomic mass is 10.0. The van der Waals surface area contributed by atoms with E-state index in [4.69, 9.17) is 4.55 Å². The SMILES string of the molecule is CCCCCCCCCCCCCCCCc1ccccc1OS(=O)(=O)O. The lowest BCUT2D eigenvalue weighted by Gasteiger charge is -2.08. The van der Waals surface area contributed by atoms with Crippen LogP contribution in [-0.2, 0) is 16.8 Å². The minimum Gasteiger partial charge on any atom is -0.362 e. The Kier molecular flexibility index (Phi) is 13.2. The molecule has 0 bridgehead atoms. The Hall–Kier alpha value is -1.07. The second kappa shape index (κ2) is 14.9. The Bertz CT molecular complexity index is 584. The van der Waals surface area contributed by atoms with E-state index < -0.39 is 10.4 Å². The third-order valence-electron chi connectivity index (χ3n) is 4.97. The van der Waals surface area contributed by atoms with Crippen LogP contribution in [0.5, 0.6) is 5.75 Å². The summed E-state index contributed by atoms with van der Waals surface area (Å²) in [5, 5.41) is 0. The molecule has 0 aliphatic heterocycles. The third kappa shape index (κ3) is 13.7. The first kappa shape index (κ1) is 24.0. The number of para-hydroxylation sites is 1. The van der Waals surface area contributed by atoms with E-state index in [1.165, 1.54) is 77.0 Å². The summed E-state index contributed by atoms with van der Waals surface area (Å²) in [4.78, 5) is 0. The predicted octanol–water partition coefficient (Wildman–Crippen LogP) is 6.89. The van der Waals surface area contributed by atoms with E-state index in [0.717, 1.165) is 24.8 Å². The van der Waals surface area contributed by atoms with Crippen LogP contribution in [0.3, 0.4) is 0 Å². The molecule has 0 saturated heterocycles. The molecule has 0 amide bonds. The molecule has 27 heavy (non-hydrogen) atoms. The van der Waals surface area contributed by atoms with Gasteiger partial charge in [0.25, 0.3) is 0 Å². The van der Waals surface area contributed by atoms with Crippen molar-refractivity contribution in [1.29, 1.82) is 0 Å². The van der Waals surface area contributed by atoms with Crippen molar-refractivity contribution in [2.24, 2.45) is 0 Å². The van der Waals surface area contributed by atoms with Crippen molar-refractivity contribution in [2.45, 2.75) is 103 Å². The standard InChI is InChI=1S/C22H38O4S/c1-2-3-4-5-6-7-8-9-10-11-12-13-14-15-18-21-19-16-17-20-22(21)26-27(23,24)25/h16-17,19-20H,2-15,18H2,1H3,(H,23,24,25).